The van der Waals surface area contributed by atoms with Crippen molar-refractivity contribution in [3.05, 3.63) is 35.9 Å². The van der Waals surface area contributed by atoms with E-state index in [0.29, 0.717) is 11.5 Å². The van der Waals surface area contributed by atoms with Gasteiger partial charge in [0.25, 0.3) is 0 Å². The summed E-state index contributed by atoms with van der Waals surface area (Å²) < 4.78 is 40.1. The van der Waals surface area contributed by atoms with Crippen LogP contribution in [-0.4, -0.2) is 19.5 Å². The first-order valence-electron chi connectivity index (χ1n) is 6.60. The summed E-state index contributed by atoms with van der Waals surface area (Å²) in [6.07, 6.45) is -0.0967. The highest BCUT2D eigenvalue weighted by molar-refractivity contribution is 5.51. The van der Waals surface area contributed by atoms with E-state index in [1.54, 1.807) is 12.1 Å². The third-order valence-electron chi connectivity index (χ3n) is 2.44. The van der Waals surface area contributed by atoms with Crippen molar-refractivity contribution in [1.82, 2.24) is 5.32 Å². The summed E-state index contributed by atoms with van der Waals surface area (Å²) >= 11 is 0. The van der Waals surface area contributed by atoms with Crippen LogP contribution in [0.4, 0.5) is 13.2 Å². The predicted octanol–water partition coefficient (Wildman–Crippen LogP) is 4.23. The van der Waals surface area contributed by atoms with Gasteiger partial charge in [0.15, 0.2) is 0 Å². The third-order valence-corrected chi connectivity index (χ3v) is 2.44. The van der Waals surface area contributed by atoms with Gasteiger partial charge in [0.2, 0.25) is 0 Å². The Kier molecular flexibility index (Phi) is 6.58. The van der Waals surface area contributed by atoms with E-state index in [9.17, 15) is 13.2 Å². The van der Waals surface area contributed by atoms with Gasteiger partial charge in [-0.15, -0.1) is 13.2 Å². The Balaban J connectivity index is 2.41. The van der Waals surface area contributed by atoms with E-state index in [4.69, 9.17) is 0 Å². The summed E-state index contributed by atoms with van der Waals surface area (Å²) in [6.45, 7) is 6.08. The van der Waals surface area contributed by atoms with Crippen molar-refractivity contribution in [1.29, 1.82) is 0 Å². The van der Waals surface area contributed by atoms with Crippen LogP contribution >= 0.6 is 0 Å². The number of rotatable bonds is 7. The Morgan fingerprint density at radius 2 is 2.05 bits per heavy atom. The quantitative estimate of drug-likeness (QED) is 0.758. The Bertz CT molecular complexity index is 427. The van der Waals surface area contributed by atoms with Crippen LogP contribution in [0, 0.1) is 5.92 Å². The van der Waals surface area contributed by atoms with Crippen LogP contribution in [0.5, 0.6) is 5.75 Å². The Hall–Kier alpha value is -1.49. The highest BCUT2D eigenvalue weighted by atomic mass is 19.4. The van der Waals surface area contributed by atoms with Crippen molar-refractivity contribution in [3.8, 4) is 5.75 Å². The van der Waals surface area contributed by atoms with Crippen LogP contribution in [0.2, 0.25) is 0 Å². The predicted molar refractivity (Wildman–Crippen MR) is 74.5 cm³/mol. The van der Waals surface area contributed by atoms with Crippen molar-refractivity contribution in [2.45, 2.75) is 26.6 Å². The van der Waals surface area contributed by atoms with Crippen molar-refractivity contribution in [2.24, 2.45) is 5.92 Å². The zero-order chi connectivity index (χ0) is 15.0. The van der Waals surface area contributed by atoms with Crippen molar-refractivity contribution >= 4 is 6.08 Å². The number of benzene rings is 1. The van der Waals surface area contributed by atoms with Gasteiger partial charge in [-0.3, -0.25) is 0 Å². The van der Waals surface area contributed by atoms with Crippen molar-refractivity contribution in [3.63, 3.8) is 0 Å². The zero-order valence-electron chi connectivity index (χ0n) is 11.7. The Morgan fingerprint density at radius 3 is 2.70 bits per heavy atom. The number of halogens is 3. The molecule has 112 valence electrons. The van der Waals surface area contributed by atoms with Crippen LogP contribution in [-0.2, 0) is 0 Å². The number of alkyl halides is 3. The minimum absolute atomic E-state index is 0.197. The first-order chi connectivity index (χ1) is 9.37. The summed E-state index contributed by atoms with van der Waals surface area (Å²) in [7, 11) is 0. The molecular formula is C15H20F3NO. The molecule has 0 aliphatic carbocycles. The molecule has 2 nitrogen and oxygen atoms in total. The largest absolute Gasteiger partial charge is 0.573 e. The van der Waals surface area contributed by atoms with E-state index in [1.807, 2.05) is 6.08 Å². The van der Waals surface area contributed by atoms with E-state index < -0.39 is 6.36 Å². The highest BCUT2D eigenvalue weighted by Crippen LogP contribution is 2.23. The lowest BCUT2D eigenvalue weighted by atomic mass is 10.2. The average Bonchev–Trinajstić information content (AvgIpc) is 2.31. The monoisotopic (exact) mass is 287 g/mol. The topological polar surface area (TPSA) is 21.3 Å². The molecule has 0 aliphatic rings. The smallest absolute Gasteiger partial charge is 0.406 e. The van der Waals surface area contributed by atoms with E-state index in [1.165, 1.54) is 18.2 Å². The van der Waals surface area contributed by atoms with Crippen LogP contribution in [0.3, 0.4) is 0 Å². The second-order valence-corrected chi connectivity index (χ2v) is 4.91. The van der Waals surface area contributed by atoms with Gasteiger partial charge in [-0.25, -0.2) is 0 Å². The molecule has 0 aliphatic heterocycles. The van der Waals surface area contributed by atoms with E-state index in [0.717, 1.165) is 19.5 Å². The van der Waals surface area contributed by atoms with Crippen LogP contribution in [0.25, 0.3) is 6.08 Å². The van der Waals surface area contributed by atoms with Crippen LogP contribution in [0.1, 0.15) is 25.8 Å². The van der Waals surface area contributed by atoms with Gasteiger partial charge in [0.1, 0.15) is 5.75 Å². The van der Waals surface area contributed by atoms with Gasteiger partial charge in [0, 0.05) is 0 Å². The maximum absolute atomic E-state index is 12.1. The van der Waals surface area contributed by atoms with Gasteiger partial charge in [-0.2, -0.15) is 0 Å². The molecule has 0 atom stereocenters. The molecule has 0 radical (unpaired) electrons. The number of hydrogen-bond acceptors (Lipinski definition) is 2. The molecule has 1 N–H and O–H groups in total. The fraction of sp³-hybridized carbons (Fsp3) is 0.467. The molecule has 0 amide bonds. The minimum atomic E-state index is -4.65. The maximum Gasteiger partial charge on any atom is 0.573 e. The Morgan fingerprint density at radius 1 is 1.30 bits per heavy atom. The summed E-state index contributed by atoms with van der Waals surface area (Å²) in [4.78, 5) is 0. The van der Waals surface area contributed by atoms with Gasteiger partial charge in [-0.05, 0) is 43.1 Å². The molecule has 0 saturated heterocycles. The number of ether oxygens (including phenoxy) is 1. The lowest BCUT2D eigenvalue weighted by Crippen LogP contribution is -2.20. The lowest BCUT2D eigenvalue weighted by molar-refractivity contribution is -0.274. The molecule has 0 fully saturated rings. The molecule has 0 bridgehead atoms. The fourth-order valence-corrected chi connectivity index (χ4v) is 1.61. The van der Waals surface area contributed by atoms with E-state index in [2.05, 4.69) is 23.9 Å². The first-order valence-corrected chi connectivity index (χ1v) is 6.60. The molecule has 0 aromatic heterocycles. The summed E-state index contributed by atoms with van der Waals surface area (Å²) in [5.74, 6) is 0.410. The number of nitrogens with one attached hydrogen (secondary N) is 1. The first kappa shape index (κ1) is 16.6. The normalized spacial score (nSPS) is 12.3. The summed E-state index contributed by atoms with van der Waals surface area (Å²) in [5, 5.41) is 3.29. The Labute approximate surface area is 117 Å². The van der Waals surface area contributed by atoms with Crippen molar-refractivity contribution < 1.29 is 17.9 Å². The summed E-state index contributed by atoms with van der Waals surface area (Å²) in [5.41, 5.74) is 0.690. The van der Waals surface area contributed by atoms with Gasteiger partial charge >= 0.3 is 6.36 Å². The molecule has 5 heteroatoms. The standard InChI is InChI=1S/C15H20F3NO/c1-12(2)11-19-9-4-3-6-13-7-5-8-14(10-13)20-15(16,17)18/h3,5-8,10,12,19H,4,9,11H2,1-2H3. The zero-order valence-corrected chi connectivity index (χ0v) is 11.7. The molecule has 0 saturated carbocycles. The molecule has 1 aromatic rings. The molecule has 0 spiro atoms. The minimum Gasteiger partial charge on any atom is -0.406 e. The second kappa shape index (κ2) is 7.94. The van der Waals surface area contributed by atoms with Crippen LogP contribution < -0.4 is 10.1 Å². The number of hydrogen-bond donors (Lipinski definition) is 1. The van der Waals surface area contributed by atoms with E-state index >= 15 is 0 Å². The second-order valence-electron chi connectivity index (χ2n) is 4.91. The molecule has 1 aromatic carbocycles. The summed E-state index contributed by atoms with van der Waals surface area (Å²) in [6, 6.07) is 5.93. The van der Waals surface area contributed by atoms with Gasteiger partial charge < -0.3 is 10.1 Å². The highest BCUT2D eigenvalue weighted by Gasteiger charge is 2.30. The van der Waals surface area contributed by atoms with Crippen molar-refractivity contribution in [2.75, 3.05) is 13.1 Å². The van der Waals surface area contributed by atoms with Gasteiger partial charge in [0.05, 0.1) is 0 Å². The van der Waals surface area contributed by atoms with Crippen LogP contribution in [0.15, 0.2) is 30.3 Å². The fourth-order valence-electron chi connectivity index (χ4n) is 1.61. The molecular weight excluding hydrogens is 267 g/mol. The average molecular weight is 287 g/mol. The molecule has 1 rings (SSSR count). The molecule has 20 heavy (non-hydrogen) atoms. The maximum atomic E-state index is 12.1. The molecule has 0 unspecified atom stereocenters. The van der Waals surface area contributed by atoms with Gasteiger partial charge in [-0.1, -0.05) is 38.1 Å². The molecule has 0 heterocycles. The lowest BCUT2D eigenvalue weighted by Gasteiger charge is -2.08. The van der Waals surface area contributed by atoms with E-state index in [-0.39, 0.29) is 5.75 Å². The SMILES string of the molecule is CC(C)CNCCC=Cc1cccc(OC(F)(F)F)c1. The third kappa shape index (κ3) is 7.84.